The van der Waals surface area contributed by atoms with E-state index in [9.17, 15) is 14.4 Å². The third kappa shape index (κ3) is 7.66. The first-order chi connectivity index (χ1) is 20.2. The first-order valence-corrected chi connectivity index (χ1v) is 15.6. The van der Waals surface area contributed by atoms with Gasteiger partial charge < -0.3 is 9.84 Å². The normalized spacial score (nSPS) is 14.4. The fourth-order valence-electron chi connectivity index (χ4n) is 4.86. The number of carbonyl (C=O) groups is 2. The van der Waals surface area contributed by atoms with Crippen LogP contribution in [0.2, 0.25) is 0 Å². The lowest BCUT2D eigenvalue weighted by Crippen LogP contribution is -2.29. The van der Waals surface area contributed by atoms with Gasteiger partial charge in [0.2, 0.25) is 5.88 Å². The van der Waals surface area contributed by atoms with Gasteiger partial charge in [-0.1, -0.05) is 80.7 Å². The second-order valence-electron chi connectivity index (χ2n) is 10.6. The summed E-state index contributed by atoms with van der Waals surface area (Å²) in [5, 5.41) is 8.71. The van der Waals surface area contributed by atoms with Gasteiger partial charge in [-0.05, 0) is 68.5 Å². The highest BCUT2D eigenvalue weighted by atomic mass is 32.2. The van der Waals surface area contributed by atoms with Crippen molar-refractivity contribution in [2.45, 2.75) is 78.6 Å². The number of pyridine rings is 1. The zero-order chi connectivity index (χ0) is 30.2. The average Bonchev–Trinajstić information content (AvgIpc) is 3.22. The molecule has 8 nitrogen and oxygen atoms in total. The smallest absolute Gasteiger partial charge is 0.303 e. The number of ether oxygens (including phenoxy) is 1. The highest BCUT2D eigenvalue weighted by Gasteiger charge is 2.32. The Morgan fingerprint density at radius 2 is 1.64 bits per heavy atom. The standard InChI is InChI=1S/C32H37N3O5S2/c1-21-14-12-16-25(23(21)3)40-29-24(30(38)34-19-13-15-22(2)28(34)33-29)20-26-31(39)35(32(41)42-26)18-11-9-7-5-4-6-8-10-17-27(36)37/h12-16,19-20H,4-11,17-18H2,1-3H3,(H,36,37)/b26-20+. The van der Waals surface area contributed by atoms with Crippen LogP contribution in [0.4, 0.5) is 0 Å². The van der Waals surface area contributed by atoms with E-state index in [2.05, 4.69) is 0 Å². The lowest BCUT2D eigenvalue weighted by Gasteiger charge is -2.14. The van der Waals surface area contributed by atoms with Crippen LogP contribution in [0.3, 0.4) is 0 Å². The molecule has 1 amide bonds. The summed E-state index contributed by atoms with van der Waals surface area (Å²) in [7, 11) is 0. The Bertz CT molecular complexity index is 1580. The predicted molar refractivity (Wildman–Crippen MR) is 171 cm³/mol. The van der Waals surface area contributed by atoms with E-state index in [1.54, 1.807) is 23.2 Å². The molecule has 10 heteroatoms. The molecule has 0 atom stereocenters. The summed E-state index contributed by atoms with van der Waals surface area (Å²) in [6, 6.07) is 9.40. The number of carboxylic acid groups (broad SMARTS) is 1. The van der Waals surface area contributed by atoms with E-state index in [1.165, 1.54) is 16.2 Å². The maximum Gasteiger partial charge on any atom is 0.303 e. The Hall–Kier alpha value is -3.50. The summed E-state index contributed by atoms with van der Waals surface area (Å²) in [4.78, 5) is 44.3. The molecule has 42 heavy (non-hydrogen) atoms. The number of aryl methyl sites for hydroxylation is 2. The minimum Gasteiger partial charge on any atom is -0.481 e. The molecule has 1 aromatic carbocycles. The van der Waals surface area contributed by atoms with E-state index in [0.29, 0.717) is 27.2 Å². The molecule has 2 aromatic heterocycles. The summed E-state index contributed by atoms with van der Waals surface area (Å²) in [5.74, 6) is -0.198. The molecular formula is C32H37N3O5S2. The van der Waals surface area contributed by atoms with Gasteiger partial charge in [-0.15, -0.1) is 0 Å². The third-order valence-corrected chi connectivity index (χ3v) is 8.86. The van der Waals surface area contributed by atoms with E-state index >= 15 is 0 Å². The minimum atomic E-state index is -0.733. The van der Waals surface area contributed by atoms with Crippen LogP contribution in [-0.2, 0) is 9.59 Å². The number of rotatable bonds is 14. The maximum absolute atomic E-state index is 13.7. The molecule has 1 fully saturated rings. The molecule has 1 aliphatic rings. The van der Waals surface area contributed by atoms with Crippen molar-refractivity contribution in [1.82, 2.24) is 14.3 Å². The molecule has 1 aliphatic heterocycles. The number of amides is 1. The van der Waals surface area contributed by atoms with E-state index in [0.717, 1.165) is 68.1 Å². The van der Waals surface area contributed by atoms with Gasteiger partial charge in [0.15, 0.2) is 0 Å². The number of carbonyl (C=O) groups excluding carboxylic acids is 1. The average molecular weight is 608 g/mol. The van der Waals surface area contributed by atoms with Crippen LogP contribution < -0.4 is 10.3 Å². The largest absolute Gasteiger partial charge is 0.481 e. The SMILES string of the molecule is Cc1cccc(Oc2nc3c(C)cccn3c(=O)c2/C=C2/SC(=S)N(CCCCCCCCCCC(=O)O)C2=O)c1C. The Morgan fingerprint density at radius 3 is 2.36 bits per heavy atom. The lowest BCUT2D eigenvalue weighted by molar-refractivity contribution is -0.137. The third-order valence-electron chi connectivity index (χ3n) is 7.48. The van der Waals surface area contributed by atoms with Crippen molar-refractivity contribution in [3.8, 4) is 11.6 Å². The van der Waals surface area contributed by atoms with Gasteiger partial charge >= 0.3 is 5.97 Å². The van der Waals surface area contributed by atoms with Gasteiger partial charge in [-0.3, -0.25) is 23.7 Å². The van der Waals surface area contributed by atoms with Crippen molar-refractivity contribution in [2.75, 3.05) is 6.54 Å². The van der Waals surface area contributed by atoms with Crippen LogP contribution in [0.25, 0.3) is 11.7 Å². The highest BCUT2D eigenvalue weighted by Crippen LogP contribution is 2.35. The summed E-state index contributed by atoms with van der Waals surface area (Å²) >= 11 is 6.73. The van der Waals surface area contributed by atoms with Crippen LogP contribution >= 0.6 is 24.0 Å². The topological polar surface area (TPSA) is 101 Å². The number of carboxylic acids is 1. The zero-order valence-electron chi connectivity index (χ0n) is 24.4. The number of hydrogen-bond donors (Lipinski definition) is 1. The zero-order valence-corrected chi connectivity index (χ0v) is 26.0. The van der Waals surface area contributed by atoms with Crippen LogP contribution in [0, 0.1) is 20.8 Å². The molecule has 1 N–H and O–H groups in total. The molecule has 3 aromatic rings. The van der Waals surface area contributed by atoms with Crippen molar-refractivity contribution < 1.29 is 19.4 Å². The Labute approximate surface area is 255 Å². The van der Waals surface area contributed by atoms with Gasteiger partial charge in [0, 0.05) is 19.2 Å². The Kier molecular flexibility index (Phi) is 10.9. The van der Waals surface area contributed by atoms with Gasteiger partial charge in [0.1, 0.15) is 21.3 Å². The van der Waals surface area contributed by atoms with Crippen molar-refractivity contribution in [3.05, 3.63) is 74.0 Å². The number of benzene rings is 1. The predicted octanol–water partition coefficient (Wildman–Crippen LogP) is 7.21. The summed E-state index contributed by atoms with van der Waals surface area (Å²) in [6.07, 6.45) is 11.2. The van der Waals surface area contributed by atoms with Crippen LogP contribution in [0.15, 0.2) is 46.2 Å². The molecule has 0 spiro atoms. The minimum absolute atomic E-state index is 0.149. The summed E-state index contributed by atoms with van der Waals surface area (Å²) in [6.45, 7) is 6.36. The molecule has 1 saturated heterocycles. The van der Waals surface area contributed by atoms with Crippen molar-refractivity contribution in [1.29, 1.82) is 0 Å². The molecule has 0 bridgehead atoms. The Morgan fingerprint density at radius 1 is 0.976 bits per heavy atom. The lowest BCUT2D eigenvalue weighted by atomic mass is 10.1. The fourth-order valence-corrected chi connectivity index (χ4v) is 6.15. The number of hydrogen-bond acceptors (Lipinski definition) is 7. The molecular weight excluding hydrogens is 571 g/mol. The molecule has 3 heterocycles. The molecule has 4 rings (SSSR count). The van der Waals surface area contributed by atoms with E-state index in [4.69, 9.17) is 27.0 Å². The second kappa shape index (κ2) is 14.6. The monoisotopic (exact) mass is 607 g/mol. The number of fused-ring (bicyclic) bond motifs is 1. The van der Waals surface area contributed by atoms with Gasteiger partial charge in [-0.2, -0.15) is 4.98 Å². The van der Waals surface area contributed by atoms with Crippen molar-refractivity contribution in [2.24, 2.45) is 0 Å². The van der Waals surface area contributed by atoms with Crippen LogP contribution in [-0.4, -0.2) is 42.1 Å². The number of aromatic nitrogens is 2. The highest BCUT2D eigenvalue weighted by molar-refractivity contribution is 8.26. The first-order valence-electron chi connectivity index (χ1n) is 14.4. The van der Waals surface area contributed by atoms with Gasteiger partial charge in [0.05, 0.1) is 4.91 Å². The number of thiocarbonyl (C=S) groups is 1. The number of nitrogens with zero attached hydrogens (tertiary/aromatic N) is 3. The number of thioether (sulfide) groups is 1. The number of unbranched alkanes of at least 4 members (excludes halogenated alkanes) is 7. The van der Waals surface area contributed by atoms with E-state index < -0.39 is 5.97 Å². The summed E-state index contributed by atoms with van der Waals surface area (Å²) in [5.41, 5.74) is 3.20. The van der Waals surface area contributed by atoms with Crippen molar-refractivity contribution in [3.63, 3.8) is 0 Å². The van der Waals surface area contributed by atoms with E-state index in [1.807, 2.05) is 45.0 Å². The molecule has 0 saturated carbocycles. The van der Waals surface area contributed by atoms with Crippen molar-refractivity contribution >= 4 is 51.9 Å². The molecule has 0 aliphatic carbocycles. The maximum atomic E-state index is 13.7. The molecule has 0 unspecified atom stereocenters. The van der Waals surface area contributed by atoms with E-state index in [-0.39, 0.29) is 29.3 Å². The second-order valence-corrected chi connectivity index (χ2v) is 12.3. The van der Waals surface area contributed by atoms with Crippen LogP contribution in [0.5, 0.6) is 11.6 Å². The summed E-state index contributed by atoms with van der Waals surface area (Å²) < 4.78 is 8.20. The molecule has 222 valence electrons. The Balaban J connectivity index is 1.47. The van der Waals surface area contributed by atoms with Gasteiger partial charge in [-0.25, -0.2) is 0 Å². The number of aliphatic carboxylic acids is 1. The molecule has 0 radical (unpaired) electrons. The quantitative estimate of drug-likeness (QED) is 0.117. The van der Waals surface area contributed by atoms with Crippen LogP contribution in [0.1, 0.15) is 80.0 Å². The fraction of sp³-hybridized carbons (Fsp3) is 0.406. The first kappa shape index (κ1) is 31.4. The van der Waals surface area contributed by atoms with Gasteiger partial charge in [0.25, 0.3) is 11.5 Å².